The summed E-state index contributed by atoms with van der Waals surface area (Å²) in [6, 6.07) is 5.24. The molecule has 0 bridgehead atoms. The van der Waals surface area contributed by atoms with Gasteiger partial charge in [0.25, 0.3) is 0 Å². The number of aromatic nitrogens is 2. The Labute approximate surface area is 98.9 Å². The number of rotatable bonds is 4. The zero-order valence-corrected chi connectivity index (χ0v) is 9.84. The van der Waals surface area contributed by atoms with E-state index in [9.17, 15) is 4.79 Å². The number of hydrogen-bond acceptors (Lipinski definition) is 4. The van der Waals surface area contributed by atoms with Crippen LogP contribution >= 0.6 is 0 Å². The molecule has 5 nitrogen and oxygen atoms in total. The molecular formula is C12H14N2O3. The zero-order chi connectivity index (χ0) is 12.3. The molecule has 5 heteroatoms. The van der Waals surface area contributed by atoms with Gasteiger partial charge >= 0.3 is 5.97 Å². The summed E-state index contributed by atoms with van der Waals surface area (Å²) in [7, 11) is 0. The summed E-state index contributed by atoms with van der Waals surface area (Å²) in [4.78, 5) is 18.2. The Morgan fingerprint density at radius 2 is 2.18 bits per heavy atom. The molecular weight excluding hydrogens is 220 g/mol. The van der Waals surface area contributed by atoms with Crippen molar-refractivity contribution in [1.29, 1.82) is 0 Å². The lowest BCUT2D eigenvalue weighted by atomic mass is 10.2. The number of hydrogen-bond donors (Lipinski definition) is 0. The highest BCUT2D eigenvalue weighted by Crippen LogP contribution is 2.14. The molecule has 1 aromatic heterocycles. The van der Waals surface area contributed by atoms with Gasteiger partial charge in [0.2, 0.25) is 0 Å². The molecule has 0 saturated heterocycles. The highest BCUT2D eigenvalue weighted by Gasteiger charge is 2.09. The van der Waals surface area contributed by atoms with Gasteiger partial charge in [-0.25, -0.2) is 4.79 Å². The van der Waals surface area contributed by atoms with Crippen LogP contribution in [-0.4, -0.2) is 29.1 Å². The maximum absolute atomic E-state index is 11.5. The van der Waals surface area contributed by atoms with Crippen molar-refractivity contribution in [3.63, 3.8) is 0 Å². The van der Waals surface area contributed by atoms with Gasteiger partial charge in [-0.3, -0.25) is 0 Å². The van der Waals surface area contributed by atoms with Crippen LogP contribution in [0.25, 0.3) is 10.9 Å². The molecule has 1 aromatic carbocycles. The van der Waals surface area contributed by atoms with Crippen molar-refractivity contribution in [1.82, 2.24) is 9.94 Å². The van der Waals surface area contributed by atoms with Crippen molar-refractivity contribution >= 4 is 16.9 Å². The Balaban J connectivity index is 2.33. The second-order valence-corrected chi connectivity index (χ2v) is 3.44. The summed E-state index contributed by atoms with van der Waals surface area (Å²) in [6.45, 7) is 4.57. The molecule has 0 aliphatic heterocycles. The molecule has 0 N–H and O–H groups in total. The molecule has 0 amide bonds. The van der Waals surface area contributed by atoms with Crippen molar-refractivity contribution in [2.24, 2.45) is 0 Å². The van der Waals surface area contributed by atoms with Gasteiger partial charge in [0.1, 0.15) is 6.61 Å². The summed E-state index contributed by atoms with van der Waals surface area (Å²) < 4.78 is 4.93. The molecule has 17 heavy (non-hydrogen) atoms. The average molecular weight is 234 g/mol. The summed E-state index contributed by atoms with van der Waals surface area (Å²) in [6.07, 6.45) is 1.77. The molecule has 0 aliphatic rings. The van der Waals surface area contributed by atoms with Crippen molar-refractivity contribution in [3.05, 3.63) is 30.0 Å². The number of fused-ring (bicyclic) bond motifs is 1. The predicted octanol–water partition coefficient (Wildman–Crippen LogP) is 1.66. The lowest BCUT2D eigenvalue weighted by molar-refractivity contribution is 0.0526. The van der Waals surface area contributed by atoms with Gasteiger partial charge in [-0.05, 0) is 26.0 Å². The maximum atomic E-state index is 11.5. The van der Waals surface area contributed by atoms with Crippen LogP contribution in [0.3, 0.4) is 0 Å². The van der Waals surface area contributed by atoms with Crippen LogP contribution < -0.4 is 4.84 Å². The van der Waals surface area contributed by atoms with Gasteiger partial charge in [0.05, 0.1) is 23.9 Å². The van der Waals surface area contributed by atoms with E-state index in [1.807, 2.05) is 13.0 Å². The minimum Gasteiger partial charge on any atom is -0.462 e. The normalized spacial score (nSPS) is 10.5. The van der Waals surface area contributed by atoms with Crippen LogP contribution in [0.1, 0.15) is 24.2 Å². The highest BCUT2D eigenvalue weighted by molar-refractivity contribution is 5.94. The lowest BCUT2D eigenvalue weighted by Crippen LogP contribution is -2.10. The Hall–Kier alpha value is -2.04. The Morgan fingerprint density at radius 1 is 1.35 bits per heavy atom. The molecule has 0 atom stereocenters. The van der Waals surface area contributed by atoms with E-state index in [0.29, 0.717) is 24.3 Å². The standard InChI is InChI=1S/C12H14N2O3/c1-3-16-12(15)9-5-6-10-8-14(17-4-2)13-11(10)7-9/h5-8H,3-4H2,1-2H3. The molecule has 0 spiro atoms. The van der Waals surface area contributed by atoms with Crippen LogP contribution in [0, 0.1) is 0 Å². The molecule has 0 aliphatic carbocycles. The van der Waals surface area contributed by atoms with Crippen LogP contribution in [-0.2, 0) is 4.74 Å². The average Bonchev–Trinajstić information content (AvgIpc) is 2.71. The molecule has 1 heterocycles. The molecule has 2 rings (SSSR count). The number of benzene rings is 1. The second-order valence-electron chi connectivity index (χ2n) is 3.44. The van der Waals surface area contributed by atoms with Crippen LogP contribution in [0.5, 0.6) is 0 Å². The molecule has 0 unspecified atom stereocenters. The van der Waals surface area contributed by atoms with Gasteiger partial charge in [0.15, 0.2) is 0 Å². The highest BCUT2D eigenvalue weighted by atomic mass is 16.7. The summed E-state index contributed by atoms with van der Waals surface area (Å²) in [5, 5.41) is 5.11. The number of carbonyl (C=O) groups excluding carboxylic acids is 1. The van der Waals surface area contributed by atoms with Crippen LogP contribution in [0.2, 0.25) is 0 Å². The van der Waals surface area contributed by atoms with E-state index in [1.54, 1.807) is 25.3 Å². The van der Waals surface area contributed by atoms with Gasteiger partial charge < -0.3 is 9.57 Å². The fourth-order valence-electron chi connectivity index (χ4n) is 1.53. The maximum Gasteiger partial charge on any atom is 0.338 e. The molecule has 0 fully saturated rings. The van der Waals surface area contributed by atoms with E-state index in [-0.39, 0.29) is 5.97 Å². The van der Waals surface area contributed by atoms with Crippen molar-refractivity contribution in [3.8, 4) is 0 Å². The molecule has 0 saturated carbocycles. The monoisotopic (exact) mass is 234 g/mol. The third-order valence-corrected chi connectivity index (χ3v) is 2.26. The number of carbonyl (C=O) groups is 1. The third kappa shape index (κ3) is 2.38. The largest absolute Gasteiger partial charge is 0.462 e. The first-order valence-electron chi connectivity index (χ1n) is 5.54. The van der Waals surface area contributed by atoms with Crippen LogP contribution in [0.15, 0.2) is 24.4 Å². The number of esters is 1. The third-order valence-electron chi connectivity index (χ3n) is 2.26. The van der Waals surface area contributed by atoms with E-state index in [2.05, 4.69) is 5.10 Å². The van der Waals surface area contributed by atoms with Gasteiger partial charge in [-0.2, -0.15) is 0 Å². The van der Waals surface area contributed by atoms with E-state index >= 15 is 0 Å². The Kier molecular flexibility index (Phi) is 3.27. The van der Waals surface area contributed by atoms with E-state index < -0.39 is 0 Å². The Morgan fingerprint density at radius 3 is 2.88 bits per heavy atom. The topological polar surface area (TPSA) is 53.4 Å². The van der Waals surface area contributed by atoms with E-state index in [4.69, 9.17) is 9.57 Å². The zero-order valence-electron chi connectivity index (χ0n) is 9.84. The van der Waals surface area contributed by atoms with Crippen molar-refractivity contribution in [2.45, 2.75) is 13.8 Å². The smallest absolute Gasteiger partial charge is 0.338 e. The van der Waals surface area contributed by atoms with Crippen molar-refractivity contribution in [2.75, 3.05) is 13.2 Å². The number of nitrogens with zero attached hydrogens (tertiary/aromatic N) is 2. The summed E-state index contributed by atoms with van der Waals surface area (Å²) >= 11 is 0. The Bertz CT molecular complexity index is 534. The molecule has 90 valence electrons. The summed E-state index contributed by atoms with van der Waals surface area (Å²) in [5.74, 6) is -0.333. The SMILES string of the molecule is CCOC(=O)c1ccc2cn(OCC)nc2c1. The lowest BCUT2D eigenvalue weighted by Gasteiger charge is -2.00. The molecule has 0 radical (unpaired) electrons. The fraction of sp³-hybridized carbons (Fsp3) is 0.333. The van der Waals surface area contributed by atoms with Gasteiger partial charge in [-0.1, -0.05) is 6.07 Å². The predicted molar refractivity (Wildman–Crippen MR) is 62.8 cm³/mol. The van der Waals surface area contributed by atoms with E-state index in [1.165, 1.54) is 4.85 Å². The first-order chi connectivity index (χ1) is 8.24. The minimum absolute atomic E-state index is 0.333. The minimum atomic E-state index is -0.333. The van der Waals surface area contributed by atoms with Crippen LogP contribution in [0.4, 0.5) is 0 Å². The van der Waals surface area contributed by atoms with Crippen molar-refractivity contribution < 1.29 is 14.4 Å². The number of ether oxygens (including phenoxy) is 1. The second kappa shape index (κ2) is 4.86. The first kappa shape index (κ1) is 11.4. The molecule has 2 aromatic rings. The van der Waals surface area contributed by atoms with Gasteiger partial charge in [0, 0.05) is 5.39 Å². The fourth-order valence-corrected chi connectivity index (χ4v) is 1.53. The van der Waals surface area contributed by atoms with E-state index in [0.717, 1.165) is 5.39 Å². The quantitative estimate of drug-likeness (QED) is 0.755. The first-order valence-corrected chi connectivity index (χ1v) is 5.54. The van der Waals surface area contributed by atoms with Gasteiger partial charge in [-0.15, -0.1) is 9.94 Å². The summed E-state index contributed by atoms with van der Waals surface area (Å²) in [5.41, 5.74) is 1.21.